The lowest BCUT2D eigenvalue weighted by Gasteiger charge is -2.35. The molecule has 0 aromatic carbocycles. The highest BCUT2D eigenvalue weighted by Gasteiger charge is 2.40. The van der Waals surface area contributed by atoms with Gasteiger partial charge in [0.25, 0.3) is 0 Å². The predicted octanol–water partition coefficient (Wildman–Crippen LogP) is 2.40. The van der Waals surface area contributed by atoms with Gasteiger partial charge >= 0.3 is 5.97 Å². The Morgan fingerprint density at radius 1 is 1.33 bits per heavy atom. The van der Waals surface area contributed by atoms with Crippen molar-refractivity contribution < 1.29 is 24.1 Å². The van der Waals surface area contributed by atoms with Crippen LogP contribution in [0.1, 0.15) is 59.3 Å². The molecule has 0 radical (unpaired) electrons. The average Bonchev–Trinajstić information content (AvgIpc) is 2.76. The second-order valence-corrected chi connectivity index (χ2v) is 6.65. The fourth-order valence-corrected chi connectivity index (χ4v) is 2.99. The molecule has 5 heteroatoms. The summed E-state index contributed by atoms with van der Waals surface area (Å²) in [5.74, 6) is -1.33. The number of carbonyl (C=O) groups is 1. The van der Waals surface area contributed by atoms with Gasteiger partial charge in [0.05, 0.1) is 24.2 Å². The molecule has 2 aliphatic rings. The Kier molecular flexibility index (Phi) is 5.63. The molecule has 0 aromatic rings. The molecule has 1 aliphatic carbocycles. The van der Waals surface area contributed by atoms with E-state index < -0.39 is 5.79 Å². The molecule has 1 aliphatic heterocycles. The highest BCUT2D eigenvalue weighted by molar-refractivity contribution is 5.71. The molecule has 1 N–H and O–H groups in total. The summed E-state index contributed by atoms with van der Waals surface area (Å²) < 4.78 is 16.9. The summed E-state index contributed by atoms with van der Waals surface area (Å²) in [5.41, 5.74) is 0. The quantitative estimate of drug-likeness (QED) is 0.624. The molecule has 1 heterocycles. The monoisotopic (exact) mass is 300 g/mol. The molecule has 0 bridgehead atoms. The second-order valence-electron chi connectivity index (χ2n) is 6.65. The molecule has 1 unspecified atom stereocenters. The van der Waals surface area contributed by atoms with Gasteiger partial charge in [0.1, 0.15) is 6.61 Å². The molecule has 1 saturated carbocycles. The van der Waals surface area contributed by atoms with Crippen LogP contribution >= 0.6 is 0 Å². The Bertz CT molecular complexity index is 349. The number of hydrogen-bond donors (Lipinski definition) is 1. The van der Waals surface area contributed by atoms with Crippen molar-refractivity contribution in [3.05, 3.63) is 0 Å². The van der Waals surface area contributed by atoms with Gasteiger partial charge in [-0.05, 0) is 19.8 Å². The van der Waals surface area contributed by atoms with Crippen LogP contribution in [0.3, 0.4) is 0 Å². The van der Waals surface area contributed by atoms with Crippen molar-refractivity contribution in [2.45, 2.75) is 83.4 Å². The van der Waals surface area contributed by atoms with Crippen LogP contribution in [-0.4, -0.2) is 41.8 Å². The maximum absolute atomic E-state index is 11.5. The molecule has 3 atom stereocenters. The zero-order chi connectivity index (χ0) is 15.5. The molecular weight excluding hydrogens is 272 g/mol. The summed E-state index contributed by atoms with van der Waals surface area (Å²) in [7, 11) is 0. The molecule has 21 heavy (non-hydrogen) atoms. The van der Waals surface area contributed by atoms with Crippen LogP contribution < -0.4 is 0 Å². The maximum Gasteiger partial charge on any atom is 0.308 e. The van der Waals surface area contributed by atoms with Crippen LogP contribution in [-0.2, 0) is 19.0 Å². The number of aliphatic hydroxyl groups is 1. The van der Waals surface area contributed by atoms with Gasteiger partial charge in [0, 0.05) is 19.3 Å². The summed E-state index contributed by atoms with van der Waals surface area (Å²) in [6.07, 6.45) is 4.88. The Balaban J connectivity index is 1.79. The number of rotatable bonds is 5. The number of hydrogen-bond acceptors (Lipinski definition) is 5. The average molecular weight is 300 g/mol. The molecule has 2 fully saturated rings. The lowest BCUT2D eigenvalue weighted by Crippen LogP contribution is -2.40. The van der Waals surface area contributed by atoms with E-state index in [0.717, 1.165) is 19.3 Å². The highest BCUT2D eigenvalue weighted by atomic mass is 16.7. The van der Waals surface area contributed by atoms with Gasteiger partial charge in [0.15, 0.2) is 5.79 Å². The van der Waals surface area contributed by atoms with E-state index in [0.29, 0.717) is 19.3 Å². The Labute approximate surface area is 126 Å². The first-order valence-corrected chi connectivity index (χ1v) is 8.12. The lowest BCUT2D eigenvalue weighted by atomic mass is 9.94. The molecular formula is C16H28O5. The molecule has 0 spiro atoms. The first-order valence-electron chi connectivity index (χ1n) is 8.12. The molecule has 5 nitrogen and oxygen atoms in total. The Morgan fingerprint density at radius 3 is 2.62 bits per heavy atom. The van der Waals surface area contributed by atoms with Crippen molar-refractivity contribution >= 4 is 5.97 Å². The smallest absolute Gasteiger partial charge is 0.308 e. The first-order chi connectivity index (χ1) is 9.89. The zero-order valence-electron chi connectivity index (χ0n) is 13.3. The van der Waals surface area contributed by atoms with Crippen molar-refractivity contribution in [1.29, 1.82) is 0 Å². The standard InChI is InChI=1S/C16H28O5/c1-11(2)15(17)19-10-13-9-14(12(3)20-13)21-16(18)7-5-4-6-8-16/h11-14,18H,4-10H2,1-3H3/t12-,13-,14?/m0/s1. The van der Waals surface area contributed by atoms with E-state index in [-0.39, 0.29) is 36.8 Å². The van der Waals surface area contributed by atoms with Crippen LogP contribution in [0, 0.1) is 5.92 Å². The number of ether oxygens (including phenoxy) is 3. The summed E-state index contributed by atoms with van der Waals surface area (Å²) in [4.78, 5) is 11.5. The third kappa shape index (κ3) is 4.66. The third-order valence-corrected chi connectivity index (χ3v) is 4.31. The van der Waals surface area contributed by atoms with Gasteiger partial charge in [-0.25, -0.2) is 0 Å². The normalized spacial score (nSPS) is 32.3. The highest BCUT2D eigenvalue weighted by Crippen LogP contribution is 2.34. The molecule has 1 saturated heterocycles. The van der Waals surface area contributed by atoms with Crippen molar-refractivity contribution in [2.24, 2.45) is 5.92 Å². The van der Waals surface area contributed by atoms with Gasteiger partial charge in [0.2, 0.25) is 0 Å². The molecule has 2 rings (SSSR count). The zero-order valence-corrected chi connectivity index (χ0v) is 13.3. The van der Waals surface area contributed by atoms with Crippen LogP contribution in [0.25, 0.3) is 0 Å². The fraction of sp³-hybridized carbons (Fsp3) is 0.938. The molecule has 0 amide bonds. The van der Waals surface area contributed by atoms with Crippen LogP contribution in [0.2, 0.25) is 0 Å². The topological polar surface area (TPSA) is 65.0 Å². The van der Waals surface area contributed by atoms with E-state index in [1.165, 1.54) is 0 Å². The van der Waals surface area contributed by atoms with Gasteiger partial charge in [-0.15, -0.1) is 0 Å². The summed E-state index contributed by atoms with van der Waals surface area (Å²) in [6, 6.07) is 0. The van der Waals surface area contributed by atoms with Gasteiger partial charge in [-0.2, -0.15) is 0 Å². The van der Waals surface area contributed by atoms with E-state index >= 15 is 0 Å². The number of esters is 1. The van der Waals surface area contributed by atoms with Crippen LogP contribution in [0.15, 0.2) is 0 Å². The first kappa shape index (κ1) is 16.7. The van der Waals surface area contributed by atoms with Gasteiger partial charge in [-0.3, -0.25) is 4.79 Å². The van der Waals surface area contributed by atoms with E-state index in [2.05, 4.69) is 0 Å². The van der Waals surface area contributed by atoms with E-state index in [4.69, 9.17) is 14.2 Å². The van der Waals surface area contributed by atoms with Crippen molar-refractivity contribution in [3.63, 3.8) is 0 Å². The van der Waals surface area contributed by atoms with Crippen molar-refractivity contribution in [3.8, 4) is 0 Å². The predicted molar refractivity (Wildman–Crippen MR) is 77.7 cm³/mol. The van der Waals surface area contributed by atoms with Gasteiger partial charge < -0.3 is 19.3 Å². The second kappa shape index (κ2) is 7.07. The summed E-state index contributed by atoms with van der Waals surface area (Å²) in [5, 5.41) is 10.5. The number of carbonyl (C=O) groups excluding carboxylic acids is 1. The Morgan fingerprint density at radius 2 is 2.00 bits per heavy atom. The minimum atomic E-state index is -0.996. The van der Waals surface area contributed by atoms with Crippen molar-refractivity contribution in [2.75, 3.05) is 6.61 Å². The van der Waals surface area contributed by atoms with E-state index in [1.54, 1.807) is 0 Å². The van der Waals surface area contributed by atoms with Crippen LogP contribution in [0.4, 0.5) is 0 Å². The van der Waals surface area contributed by atoms with Gasteiger partial charge in [-0.1, -0.05) is 20.3 Å². The molecule has 122 valence electrons. The molecule has 0 aromatic heterocycles. The van der Waals surface area contributed by atoms with Crippen LogP contribution in [0.5, 0.6) is 0 Å². The maximum atomic E-state index is 11.5. The third-order valence-electron chi connectivity index (χ3n) is 4.31. The summed E-state index contributed by atoms with van der Waals surface area (Å²) >= 11 is 0. The largest absolute Gasteiger partial charge is 0.463 e. The SMILES string of the molecule is CC(C)C(=O)OC[C@@H]1CC(OC2(O)CCCCC2)[C@H](C)O1. The summed E-state index contributed by atoms with van der Waals surface area (Å²) in [6.45, 7) is 5.83. The Hall–Kier alpha value is -0.650. The van der Waals surface area contributed by atoms with Crippen molar-refractivity contribution in [1.82, 2.24) is 0 Å². The minimum Gasteiger partial charge on any atom is -0.463 e. The minimum absolute atomic E-state index is 0.0845. The lowest BCUT2D eigenvalue weighted by molar-refractivity contribution is -0.250. The van der Waals surface area contributed by atoms with E-state index in [1.807, 2.05) is 20.8 Å². The van der Waals surface area contributed by atoms with E-state index in [9.17, 15) is 9.90 Å². The fourth-order valence-electron chi connectivity index (χ4n) is 2.99.